The molecule has 0 radical (unpaired) electrons. The molecule has 0 saturated carbocycles. The molecule has 7 heteroatoms. The Bertz CT molecular complexity index is 761. The molecule has 1 aliphatic heterocycles. The maximum Gasteiger partial charge on any atom is 0.193 e. The lowest BCUT2D eigenvalue weighted by Crippen LogP contribution is -2.40. The molecular formula is C20H25ClN4O2. The van der Waals surface area contributed by atoms with Gasteiger partial charge in [0, 0.05) is 29.9 Å². The predicted molar refractivity (Wildman–Crippen MR) is 110 cm³/mol. The van der Waals surface area contributed by atoms with Gasteiger partial charge in [-0.15, -0.1) is 0 Å². The average Bonchev–Trinajstić information content (AvgIpc) is 2.70. The van der Waals surface area contributed by atoms with Gasteiger partial charge in [0.25, 0.3) is 0 Å². The number of rotatable bonds is 6. The van der Waals surface area contributed by atoms with Crippen molar-refractivity contribution in [2.45, 2.75) is 6.04 Å². The fourth-order valence-corrected chi connectivity index (χ4v) is 3.20. The van der Waals surface area contributed by atoms with Gasteiger partial charge in [-0.05, 0) is 29.8 Å². The van der Waals surface area contributed by atoms with E-state index in [9.17, 15) is 0 Å². The number of aliphatic imine (C=N–C) groups is 1. The summed E-state index contributed by atoms with van der Waals surface area (Å²) in [6.45, 7) is 3.74. The summed E-state index contributed by atoms with van der Waals surface area (Å²) in [7, 11) is 1.63. The van der Waals surface area contributed by atoms with Crippen LogP contribution >= 0.6 is 11.6 Å². The van der Waals surface area contributed by atoms with Gasteiger partial charge in [0.05, 0.1) is 32.9 Å². The lowest BCUT2D eigenvalue weighted by Gasteiger charge is -2.34. The number of nitrogens with one attached hydrogen (secondary N) is 1. The van der Waals surface area contributed by atoms with E-state index in [-0.39, 0.29) is 6.04 Å². The summed E-state index contributed by atoms with van der Waals surface area (Å²) in [4.78, 5) is 6.95. The maximum absolute atomic E-state index is 6.11. The van der Waals surface area contributed by atoms with Crippen molar-refractivity contribution in [1.29, 1.82) is 0 Å². The molecule has 2 aromatic carbocycles. The number of hydrogen-bond donors (Lipinski definition) is 2. The lowest BCUT2D eigenvalue weighted by molar-refractivity contribution is 0.0180. The van der Waals surface area contributed by atoms with Crippen LogP contribution < -0.4 is 15.8 Å². The molecule has 1 atom stereocenters. The van der Waals surface area contributed by atoms with Gasteiger partial charge in [0.1, 0.15) is 5.75 Å². The zero-order valence-electron chi connectivity index (χ0n) is 15.4. The summed E-state index contributed by atoms with van der Waals surface area (Å²) in [6.07, 6.45) is 0. The number of hydrogen-bond acceptors (Lipinski definition) is 4. The van der Waals surface area contributed by atoms with Crippen molar-refractivity contribution < 1.29 is 9.47 Å². The molecule has 1 aliphatic rings. The van der Waals surface area contributed by atoms with Crippen molar-refractivity contribution in [3.63, 3.8) is 0 Å². The second kappa shape index (κ2) is 9.60. The molecule has 144 valence electrons. The minimum absolute atomic E-state index is 0.122. The van der Waals surface area contributed by atoms with E-state index in [0.29, 0.717) is 12.5 Å². The molecule has 0 bridgehead atoms. The number of guanidine groups is 1. The van der Waals surface area contributed by atoms with Gasteiger partial charge >= 0.3 is 0 Å². The number of halogens is 1. The second-order valence-corrected chi connectivity index (χ2v) is 6.74. The fourth-order valence-electron chi connectivity index (χ4n) is 3.08. The number of anilines is 1. The standard InChI is InChI=1S/C20H25ClN4O2/c1-26-18-4-2-3-17(13-18)24-20(22)23-14-19(25-9-11-27-12-10-25)15-5-7-16(21)8-6-15/h2-8,13,19H,9-12,14H2,1H3,(H3,22,23,24). The Hall–Kier alpha value is -2.28. The van der Waals surface area contributed by atoms with E-state index >= 15 is 0 Å². The highest BCUT2D eigenvalue weighted by atomic mass is 35.5. The Morgan fingerprint density at radius 3 is 2.70 bits per heavy atom. The van der Waals surface area contributed by atoms with Crippen LogP contribution in [-0.2, 0) is 4.74 Å². The second-order valence-electron chi connectivity index (χ2n) is 6.30. The van der Waals surface area contributed by atoms with Crippen molar-refractivity contribution in [1.82, 2.24) is 4.90 Å². The van der Waals surface area contributed by atoms with Crippen LogP contribution in [0, 0.1) is 0 Å². The predicted octanol–water partition coefficient (Wildman–Crippen LogP) is 3.15. The molecule has 1 saturated heterocycles. The topological polar surface area (TPSA) is 72.1 Å². The maximum atomic E-state index is 6.11. The van der Waals surface area contributed by atoms with Crippen LogP contribution in [0.15, 0.2) is 53.5 Å². The Morgan fingerprint density at radius 2 is 2.00 bits per heavy atom. The molecule has 0 aromatic heterocycles. The summed E-state index contributed by atoms with van der Waals surface area (Å²) < 4.78 is 10.7. The van der Waals surface area contributed by atoms with Crippen LogP contribution in [0.1, 0.15) is 11.6 Å². The van der Waals surface area contributed by atoms with Crippen LogP contribution in [0.4, 0.5) is 5.69 Å². The SMILES string of the molecule is COc1cccc(NC(N)=NCC(c2ccc(Cl)cc2)N2CCOCC2)c1. The van der Waals surface area contributed by atoms with Gasteiger partial charge in [-0.1, -0.05) is 29.8 Å². The third-order valence-corrected chi connectivity index (χ3v) is 4.77. The summed E-state index contributed by atoms with van der Waals surface area (Å²) in [5, 5.41) is 3.84. The molecule has 27 heavy (non-hydrogen) atoms. The number of nitrogens with zero attached hydrogens (tertiary/aromatic N) is 2. The lowest BCUT2D eigenvalue weighted by atomic mass is 10.0. The fraction of sp³-hybridized carbons (Fsp3) is 0.350. The minimum Gasteiger partial charge on any atom is -0.497 e. The number of methoxy groups -OCH3 is 1. The third kappa shape index (κ3) is 5.60. The van der Waals surface area contributed by atoms with Gasteiger partial charge < -0.3 is 20.5 Å². The van der Waals surface area contributed by atoms with E-state index in [1.54, 1.807) is 7.11 Å². The highest BCUT2D eigenvalue weighted by Crippen LogP contribution is 2.24. The molecule has 1 unspecified atom stereocenters. The van der Waals surface area contributed by atoms with Gasteiger partial charge in [-0.25, -0.2) is 0 Å². The van der Waals surface area contributed by atoms with E-state index in [2.05, 4.69) is 15.2 Å². The molecule has 3 rings (SSSR count). The number of morpholine rings is 1. The van der Waals surface area contributed by atoms with Crippen LogP contribution in [-0.4, -0.2) is 50.8 Å². The zero-order chi connectivity index (χ0) is 19.1. The van der Waals surface area contributed by atoms with Crippen molar-refractivity contribution >= 4 is 23.2 Å². The highest BCUT2D eigenvalue weighted by Gasteiger charge is 2.22. The minimum atomic E-state index is 0.122. The molecule has 2 aromatic rings. The Morgan fingerprint density at radius 1 is 1.26 bits per heavy atom. The summed E-state index contributed by atoms with van der Waals surface area (Å²) in [6, 6.07) is 15.6. The molecule has 3 N–H and O–H groups in total. The normalized spacial score (nSPS) is 16.7. The Kier molecular flexibility index (Phi) is 6.92. The van der Waals surface area contributed by atoms with E-state index in [1.165, 1.54) is 5.56 Å². The van der Waals surface area contributed by atoms with Gasteiger partial charge in [0.2, 0.25) is 0 Å². The quantitative estimate of drug-likeness (QED) is 0.587. The van der Waals surface area contributed by atoms with E-state index < -0.39 is 0 Å². The molecule has 0 aliphatic carbocycles. The van der Waals surface area contributed by atoms with Crippen molar-refractivity contribution in [3.05, 3.63) is 59.1 Å². The van der Waals surface area contributed by atoms with Crippen LogP contribution in [0.2, 0.25) is 5.02 Å². The number of nitrogens with two attached hydrogens (primary N) is 1. The molecule has 1 heterocycles. The Labute approximate surface area is 164 Å². The van der Waals surface area contributed by atoms with Crippen molar-refractivity contribution in [2.75, 3.05) is 45.3 Å². The Balaban J connectivity index is 1.72. The largest absolute Gasteiger partial charge is 0.497 e. The monoisotopic (exact) mass is 388 g/mol. The first kappa shape index (κ1) is 19.5. The first-order valence-electron chi connectivity index (χ1n) is 8.94. The van der Waals surface area contributed by atoms with Crippen molar-refractivity contribution in [3.8, 4) is 5.75 Å². The third-order valence-electron chi connectivity index (χ3n) is 4.52. The first-order valence-corrected chi connectivity index (χ1v) is 9.32. The summed E-state index contributed by atoms with van der Waals surface area (Å²) in [5.74, 6) is 1.13. The van der Waals surface area contributed by atoms with E-state index in [1.807, 2.05) is 48.5 Å². The zero-order valence-corrected chi connectivity index (χ0v) is 16.2. The molecule has 0 spiro atoms. The van der Waals surface area contributed by atoms with Crippen molar-refractivity contribution in [2.24, 2.45) is 10.7 Å². The van der Waals surface area contributed by atoms with E-state index in [0.717, 1.165) is 42.8 Å². The molecule has 1 fully saturated rings. The highest BCUT2D eigenvalue weighted by molar-refractivity contribution is 6.30. The average molecular weight is 389 g/mol. The molecule has 0 amide bonds. The van der Waals surface area contributed by atoms with E-state index in [4.69, 9.17) is 26.8 Å². The van der Waals surface area contributed by atoms with Gasteiger partial charge in [0.15, 0.2) is 5.96 Å². The number of benzene rings is 2. The van der Waals surface area contributed by atoms with Gasteiger partial charge in [-0.2, -0.15) is 0 Å². The summed E-state index contributed by atoms with van der Waals surface area (Å²) in [5.41, 5.74) is 8.11. The van der Waals surface area contributed by atoms with Crippen LogP contribution in [0.3, 0.4) is 0 Å². The molecular weight excluding hydrogens is 364 g/mol. The van der Waals surface area contributed by atoms with Crippen LogP contribution in [0.25, 0.3) is 0 Å². The summed E-state index contributed by atoms with van der Waals surface area (Å²) >= 11 is 6.04. The first-order chi connectivity index (χ1) is 13.2. The van der Waals surface area contributed by atoms with Crippen LogP contribution in [0.5, 0.6) is 5.75 Å². The van der Waals surface area contributed by atoms with Gasteiger partial charge in [-0.3, -0.25) is 9.89 Å². The molecule has 6 nitrogen and oxygen atoms in total. The number of ether oxygens (including phenoxy) is 2. The smallest absolute Gasteiger partial charge is 0.193 e.